The van der Waals surface area contributed by atoms with Crippen LogP contribution in [0.25, 0.3) is 11.3 Å². The van der Waals surface area contributed by atoms with Crippen molar-refractivity contribution in [3.63, 3.8) is 0 Å². The maximum absolute atomic E-state index is 11.3. The summed E-state index contributed by atoms with van der Waals surface area (Å²) in [4.78, 5) is 23.3. The van der Waals surface area contributed by atoms with Gasteiger partial charge in [-0.2, -0.15) is 0 Å². The Labute approximate surface area is 198 Å². The van der Waals surface area contributed by atoms with Gasteiger partial charge in [0.15, 0.2) is 5.82 Å². The van der Waals surface area contributed by atoms with Gasteiger partial charge < -0.3 is 26.8 Å². The van der Waals surface area contributed by atoms with Crippen molar-refractivity contribution in [2.75, 3.05) is 18.0 Å². The largest absolute Gasteiger partial charge is 0.465 e. The minimum absolute atomic E-state index is 0.195. The Morgan fingerprint density at radius 1 is 1.25 bits per heavy atom. The second kappa shape index (κ2) is 9.39. The van der Waals surface area contributed by atoms with E-state index in [2.05, 4.69) is 17.1 Å². The Morgan fingerprint density at radius 2 is 1.91 bits per heavy atom. The number of benzene rings is 1. The number of halogens is 2. The molecule has 1 aromatic heterocycles. The van der Waals surface area contributed by atoms with Crippen LogP contribution >= 0.6 is 23.2 Å². The number of hydrogen-bond acceptors (Lipinski definition) is 6. The van der Waals surface area contributed by atoms with Crippen LogP contribution in [0.1, 0.15) is 45.0 Å². The average molecular weight is 481 g/mol. The van der Waals surface area contributed by atoms with Gasteiger partial charge in [-0.15, -0.1) is 0 Å². The zero-order chi connectivity index (χ0) is 23.7. The number of piperidine rings is 1. The number of hydrogen-bond donors (Lipinski definition) is 4. The van der Waals surface area contributed by atoms with Crippen molar-refractivity contribution < 1.29 is 9.90 Å². The Kier molecular flexibility index (Phi) is 7.19. The van der Waals surface area contributed by atoms with Crippen LogP contribution in [0, 0.1) is 0 Å². The highest BCUT2D eigenvalue weighted by Crippen LogP contribution is 2.36. The predicted octanol–water partition coefficient (Wildman–Crippen LogP) is 3.82. The lowest BCUT2D eigenvalue weighted by Crippen LogP contribution is -2.49. The topological polar surface area (TPSA) is 130 Å². The number of rotatable bonds is 6. The summed E-state index contributed by atoms with van der Waals surface area (Å²) in [6.07, 6.45) is 0.830. The molecule has 32 heavy (non-hydrogen) atoms. The van der Waals surface area contributed by atoms with Crippen LogP contribution in [0.2, 0.25) is 10.0 Å². The van der Waals surface area contributed by atoms with Gasteiger partial charge in [-0.25, -0.2) is 14.8 Å². The first kappa shape index (κ1) is 24.5. The van der Waals surface area contributed by atoms with Crippen LogP contribution in [0.15, 0.2) is 18.2 Å². The van der Waals surface area contributed by atoms with Gasteiger partial charge in [-0.1, -0.05) is 35.3 Å². The number of anilines is 1. The van der Waals surface area contributed by atoms with Gasteiger partial charge in [0.25, 0.3) is 0 Å². The minimum Gasteiger partial charge on any atom is -0.465 e. The summed E-state index contributed by atoms with van der Waals surface area (Å²) in [7, 11) is 0. The zero-order valence-corrected chi connectivity index (χ0v) is 20.1. The molecule has 6 N–H and O–H groups in total. The molecule has 1 aliphatic heterocycles. The standard InChI is InChI=1S/C22H30Cl2N6O2/c1-21(2,29-20(31)32)11-15-18(13-5-4-6-14(23)17(13)24)27-16(12-25)19(28-15)30-9-7-22(3,26)8-10-30/h4-6,29H,7-12,25-26H2,1-3H3,(H,31,32). The van der Waals surface area contributed by atoms with Crippen molar-refractivity contribution in [3.8, 4) is 11.3 Å². The quantitative estimate of drug-likeness (QED) is 0.494. The average Bonchev–Trinajstić information content (AvgIpc) is 2.69. The SMILES string of the molecule is CC1(N)CCN(c2nc(CC(C)(C)NC(=O)O)c(-c3cccc(Cl)c3Cl)nc2CN)CC1. The van der Waals surface area contributed by atoms with Crippen LogP contribution in [-0.4, -0.2) is 45.3 Å². The van der Waals surface area contributed by atoms with E-state index in [0.717, 1.165) is 25.9 Å². The van der Waals surface area contributed by atoms with E-state index in [4.69, 9.17) is 44.6 Å². The Bertz CT molecular complexity index is 1000. The van der Waals surface area contributed by atoms with Gasteiger partial charge in [0, 0.05) is 42.7 Å². The van der Waals surface area contributed by atoms with Crippen molar-refractivity contribution in [1.29, 1.82) is 0 Å². The number of carbonyl (C=O) groups is 1. The molecule has 0 aliphatic carbocycles. The molecule has 2 heterocycles. The summed E-state index contributed by atoms with van der Waals surface area (Å²) >= 11 is 12.8. The first-order valence-corrected chi connectivity index (χ1v) is 11.3. The maximum atomic E-state index is 11.3. The molecule has 3 rings (SSSR count). The highest BCUT2D eigenvalue weighted by molar-refractivity contribution is 6.43. The predicted molar refractivity (Wildman–Crippen MR) is 128 cm³/mol. The monoisotopic (exact) mass is 480 g/mol. The molecule has 8 nitrogen and oxygen atoms in total. The van der Waals surface area contributed by atoms with Gasteiger partial charge in [-0.3, -0.25) is 0 Å². The van der Waals surface area contributed by atoms with Crippen LogP contribution < -0.4 is 21.7 Å². The molecule has 1 fully saturated rings. The van der Waals surface area contributed by atoms with Crippen molar-refractivity contribution in [2.24, 2.45) is 11.5 Å². The number of carboxylic acid groups (broad SMARTS) is 1. The molecule has 0 atom stereocenters. The Hall–Kier alpha value is -2.13. The summed E-state index contributed by atoms with van der Waals surface area (Å²) in [5, 5.41) is 12.6. The zero-order valence-electron chi connectivity index (χ0n) is 18.6. The molecule has 0 bridgehead atoms. The lowest BCUT2D eigenvalue weighted by molar-refractivity contribution is 0.182. The molecule has 1 saturated heterocycles. The first-order chi connectivity index (χ1) is 14.9. The van der Waals surface area contributed by atoms with E-state index in [1.54, 1.807) is 26.0 Å². The Morgan fingerprint density at radius 3 is 2.50 bits per heavy atom. The number of nitrogens with one attached hydrogen (secondary N) is 1. The molecule has 0 spiro atoms. The first-order valence-electron chi connectivity index (χ1n) is 10.5. The van der Waals surface area contributed by atoms with Crippen LogP contribution in [0.5, 0.6) is 0 Å². The summed E-state index contributed by atoms with van der Waals surface area (Å²) < 4.78 is 0. The van der Waals surface area contributed by atoms with Crippen molar-refractivity contribution in [3.05, 3.63) is 39.6 Å². The normalized spacial score (nSPS) is 16.2. The summed E-state index contributed by atoms with van der Waals surface area (Å²) in [6.45, 7) is 7.31. The fourth-order valence-corrected chi connectivity index (χ4v) is 4.28. The third kappa shape index (κ3) is 5.61. The van der Waals surface area contributed by atoms with Crippen LogP contribution in [0.4, 0.5) is 10.6 Å². The van der Waals surface area contributed by atoms with E-state index in [0.29, 0.717) is 44.9 Å². The van der Waals surface area contributed by atoms with Crippen molar-refractivity contribution in [2.45, 2.75) is 57.7 Å². The molecule has 0 saturated carbocycles. The second-order valence-electron chi connectivity index (χ2n) is 9.23. The number of nitrogens with two attached hydrogens (primary N) is 2. The molecule has 174 valence electrons. The molecule has 0 unspecified atom stereocenters. The summed E-state index contributed by atoms with van der Waals surface area (Å²) in [5.74, 6) is 0.700. The Balaban J connectivity index is 2.13. The molecule has 1 aromatic carbocycles. The lowest BCUT2D eigenvalue weighted by atomic mass is 9.91. The second-order valence-corrected chi connectivity index (χ2v) is 10.0. The van der Waals surface area contributed by atoms with Crippen LogP contribution in [-0.2, 0) is 13.0 Å². The van der Waals surface area contributed by atoms with Gasteiger partial charge in [-0.05, 0) is 39.7 Å². The van der Waals surface area contributed by atoms with E-state index in [-0.39, 0.29) is 12.1 Å². The summed E-state index contributed by atoms with van der Waals surface area (Å²) in [5.41, 5.74) is 13.8. The highest BCUT2D eigenvalue weighted by atomic mass is 35.5. The number of aromatic nitrogens is 2. The fourth-order valence-electron chi connectivity index (χ4n) is 3.89. The third-order valence-corrected chi connectivity index (χ3v) is 6.50. The molecule has 2 aromatic rings. The number of nitrogens with zero attached hydrogens (tertiary/aromatic N) is 3. The molecule has 0 radical (unpaired) electrons. The van der Waals surface area contributed by atoms with Crippen molar-refractivity contribution >= 4 is 35.1 Å². The third-order valence-electron chi connectivity index (χ3n) is 5.68. The van der Waals surface area contributed by atoms with Crippen LogP contribution in [0.3, 0.4) is 0 Å². The van der Waals surface area contributed by atoms with Gasteiger partial charge >= 0.3 is 6.09 Å². The van der Waals surface area contributed by atoms with Crippen molar-refractivity contribution in [1.82, 2.24) is 15.3 Å². The number of amides is 1. The summed E-state index contributed by atoms with van der Waals surface area (Å²) in [6, 6.07) is 5.31. The smallest absolute Gasteiger partial charge is 0.405 e. The molecule has 10 heteroatoms. The molecule has 1 aliphatic rings. The fraction of sp³-hybridized carbons (Fsp3) is 0.500. The lowest BCUT2D eigenvalue weighted by Gasteiger charge is -2.38. The van der Waals surface area contributed by atoms with Gasteiger partial charge in [0.1, 0.15) is 0 Å². The maximum Gasteiger partial charge on any atom is 0.405 e. The molecule has 1 amide bonds. The van der Waals surface area contributed by atoms with E-state index < -0.39 is 11.6 Å². The molecular weight excluding hydrogens is 451 g/mol. The van der Waals surface area contributed by atoms with E-state index in [1.807, 2.05) is 6.07 Å². The minimum atomic E-state index is -1.11. The van der Waals surface area contributed by atoms with E-state index >= 15 is 0 Å². The van der Waals surface area contributed by atoms with Gasteiger partial charge in [0.2, 0.25) is 0 Å². The van der Waals surface area contributed by atoms with E-state index in [9.17, 15) is 9.90 Å². The van der Waals surface area contributed by atoms with E-state index in [1.165, 1.54) is 0 Å². The highest BCUT2D eigenvalue weighted by Gasteiger charge is 2.30. The molecular formula is C22H30Cl2N6O2. The van der Waals surface area contributed by atoms with Gasteiger partial charge in [0.05, 0.1) is 27.1 Å².